The van der Waals surface area contributed by atoms with Gasteiger partial charge >= 0.3 is 0 Å². The molecule has 0 aliphatic carbocycles. The molecule has 34 heavy (non-hydrogen) atoms. The summed E-state index contributed by atoms with van der Waals surface area (Å²) in [4.78, 5) is 7.98. The van der Waals surface area contributed by atoms with Crippen LogP contribution in [-0.4, -0.2) is 9.97 Å². The third kappa shape index (κ3) is 4.07. The maximum absolute atomic E-state index is 5.98. The minimum atomic E-state index is -2.39. The molecule has 5 heteroatoms. The van der Waals surface area contributed by atoms with Crippen LogP contribution in [0.15, 0.2) is 122 Å². The maximum Gasteiger partial charge on any atom is 0.186 e. The Kier molecular flexibility index (Phi) is 6.35. The van der Waals surface area contributed by atoms with Gasteiger partial charge in [0.25, 0.3) is 0 Å². The number of anilines is 2. The number of benzene rings is 4. The molecular formula is C29H25N3PS+. The van der Waals surface area contributed by atoms with Crippen molar-refractivity contribution in [3.63, 3.8) is 0 Å². The van der Waals surface area contributed by atoms with Crippen LogP contribution >= 0.6 is 19.5 Å². The van der Waals surface area contributed by atoms with Gasteiger partial charge in [-0.25, -0.2) is 4.98 Å². The minimum Gasteiger partial charge on any atom is -0.338 e. The lowest BCUT2D eigenvalue weighted by Crippen LogP contribution is -2.40. The van der Waals surface area contributed by atoms with E-state index in [0.717, 1.165) is 16.8 Å². The molecule has 2 N–H and O–H groups in total. The highest BCUT2D eigenvalue weighted by Crippen LogP contribution is 2.55. The smallest absolute Gasteiger partial charge is 0.186 e. The van der Waals surface area contributed by atoms with E-state index in [1.165, 1.54) is 21.5 Å². The van der Waals surface area contributed by atoms with Gasteiger partial charge in [-0.15, -0.1) is 0 Å². The Labute approximate surface area is 205 Å². The first-order valence-electron chi connectivity index (χ1n) is 11.2. The van der Waals surface area contributed by atoms with Gasteiger partial charge in [0.2, 0.25) is 0 Å². The number of aryl methyl sites for hydroxylation is 1. The van der Waals surface area contributed by atoms with Crippen LogP contribution in [0.3, 0.4) is 0 Å². The van der Waals surface area contributed by atoms with Crippen molar-refractivity contribution in [3.8, 4) is 0 Å². The standard InChI is InChI=1S/C29H24N3PS/c1-22-17-19-23(20-18-22)32-28-27(29(34)31-21-30-28)33(24-11-5-2-6-12-24,25-13-7-3-8-14-25)26-15-9-4-10-16-26/h2-21H,1H3,(H-,30,31,32,34)/p+1. The van der Waals surface area contributed by atoms with Crippen LogP contribution in [-0.2, 0) is 0 Å². The van der Waals surface area contributed by atoms with E-state index in [2.05, 4.69) is 137 Å². The first-order valence-corrected chi connectivity index (χ1v) is 13.4. The molecule has 0 radical (unpaired) electrons. The molecule has 0 unspecified atom stereocenters. The van der Waals surface area contributed by atoms with E-state index in [1.807, 2.05) is 0 Å². The van der Waals surface area contributed by atoms with Crippen molar-refractivity contribution < 1.29 is 0 Å². The number of aromatic nitrogens is 2. The van der Waals surface area contributed by atoms with E-state index in [-0.39, 0.29) is 0 Å². The van der Waals surface area contributed by atoms with Crippen molar-refractivity contribution in [2.75, 3.05) is 5.32 Å². The van der Waals surface area contributed by atoms with Gasteiger partial charge in [0.1, 0.15) is 15.9 Å². The highest BCUT2D eigenvalue weighted by atomic mass is 32.1. The third-order valence-electron chi connectivity index (χ3n) is 5.92. The quantitative estimate of drug-likeness (QED) is 0.239. The number of nitrogens with one attached hydrogen (secondary N) is 2. The number of rotatable bonds is 6. The van der Waals surface area contributed by atoms with Crippen LogP contribution in [0, 0.1) is 11.6 Å². The summed E-state index contributed by atoms with van der Waals surface area (Å²) in [7, 11) is -2.39. The lowest BCUT2D eigenvalue weighted by molar-refractivity contribution is 1.17. The van der Waals surface area contributed by atoms with E-state index in [4.69, 9.17) is 12.2 Å². The monoisotopic (exact) mass is 478 g/mol. The Morgan fingerprint density at radius 3 is 1.62 bits per heavy atom. The summed E-state index contributed by atoms with van der Waals surface area (Å²) in [6.07, 6.45) is 1.68. The molecule has 0 aliphatic rings. The normalized spacial score (nSPS) is 11.2. The van der Waals surface area contributed by atoms with E-state index in [9.17, 15) is 0 Å². The van der Waals surface area contributed by atoms with Gasteiger partial charge in [-0.05, 0) is 55.5 Å². The van der Waals surface area contributed by atoms with Gasteiger partial charge in [0, 0.05) is 5.69 Å². The van der Waals surface area contributed by atoms with Crippen LogP contribution in [0.25, 0.3) is 0 Å². The lowest BCUT2D eigenvalue weighted by Gasteiger charge is -2.28. The Morgan fingerprint density at radius 2 is 1.15 bits per heavy atom. The van der Waals surface area contributed by atoms with Crippen molar-refractivity contribution in [2.45, 2.75) is 6.92 Å². The average molecular weight is 479 g/mol. The summed E-state index contributed by atoms with van der Waals surface area (Å²) >= 11 is 5.98. The first-order chi connectivity index (χ1) is 16.7. The van der Waals surface area contributed by atoms with Gasteiger partial charge in [0.05, 0.1) is 6.33 Å². The molecule has 0 saturated carbocycles. The Bertz CT molecular complexity index is 1340. The van der Waals surface area contributed by atoms with Crippen LogP contribution in [0.2, 0.25) is 0 Å². The highest BCUT2D eigenvalue weighted by Gasteiger charge is 2.51. The molecule has 5 aromatic rings. The van der Waals surface area contributed by atoms with E-state index in [0.29, 0.717) is 4.64 Å². The molecule has 4 aromatic carbocycles. The molecule has 0 fully saturated rings. The van der Waals surface area contributed by atoms with Gasteiger partial charge in [-0.2, -0.15) is 0 Å². The maximum atomic E-state index is 5.98. The summed E-state index contributed by atoms with van der Waals surface area (Å²) in [6, 6.07) is 40.5. The van der Waals surface area contributed by atoms with E-state index >= 15 is 0 Å². The molecule has 0 atom stereocenters. The van der Waals surface area contributed by atoms with Crippen molar-refractivity contribution >= 4 is 52.2 Å². The second-order valence-corrected chi connectivity index (χ2v) is 11.8. The van der Waals surface area contributed by atoms with Crippen LogP contribution in [0.4, 0.5) is 11.5 Å². The fourth-order valence-electron chi connectivity index (χ4n) is 4.37. The van der Waals surface area contributed by atoms with Crippen molar-refractivity contribution in [1.82, 2.24) is 9.97 Å². The van der Waals surface area contributed by atoms with Crippen molar-refractivity contribution in [2.24, 2.45) is 0 Å². The molecule has 1 aromatic heterocycles. The number of aromatic amines is 1. The Morgan fingerprint density at radius 1 is 0.676 bits per heavy atom. The number of nitrogens with zero attached hydrogens (tertiary/aromatic N) is 1. The fraction of sp³-hybridized carbons (Fsp3) is 0.0345. The van der Waals surface area contributed by atoms with Gasteiger partial charge in [-0.1, -0.05) is 84.5 Å². The highest BCUT2D eigenvalue weighted by molar-refractivity contribution is 8.02. The van der Waals surface area contributed by atoms with Gasteiger partial charge < -0.3 is 10.3 Å². The molecular weight excluding hydrogens is 453 g/mol. The zero-order valence-corrected chi connectivity index (χ0v) is 20.6. The lowest BCUT2D eigenvalue weighted by atomic mass is 10.2. The Hall–Kier alpha value is -3.59. The topological polar surface area (TPSA) is 40.7 Å². The van der Waals surface area contributed by atoms with E-state index in [1.54, 1.807) is 6.33 Å². The largest absolute Gasteiger partial charge is 0.338 e. The van der Waals surface area contributed by atoms with Gasteiger partial charge in [0.15, 0.2) is 23.0 Å². The van der Waals surface area contributed by atoms with Crippen LogP contribution in [0.1, 0.15) is 5.56 Å². The second-order valence-electron chi connectivity index (χ2n) is 8.10. The predicted octanol–water partition coefficient (Wildman–Crippen LogP) is 5.81. The summed E-state index contributed by atoms with van der Waals surface area (Å²) in [5.41, 5.74) is 2.21. The Balaban J connectivity index is 1.87. The zero-order valence-electron chi connectivity index (χ0n) is 18.8. The third-order valence-corrected chi connectivity index (χ3v) is 10.7. The molecule has 3 nitrogen and oxygen atoms in total. The fourth-order valence-corrected chi connectivity index (χ4v) is 9.26. The average Bonchev–Trinajstić information content (AvgIpc) is 2.89. The summed E-state index contributed by atoms with van der Waals surface area (Å²) in [5.74, 6) is 0.869. The first kappa shape index (κ1) is 22.2. The second kappa shape index (κ2) is 9.72. The number of hydrogen-bond donors (Lipinski definition) is 2. The molecule has 0 spiro atoms. The van der Waals surface area contributed by atoms with Gasteiger partial charge in [-0.3, -0.25) is 0 Å². The molecule has 0 aliphatic heterocycles. The molecule has 0 saturated heterocycles. The molecule has 166 valence electrons. The summed E-state index contributed by atoms with van der Waals surface area (Å²) < 4.78 is 0.596. The van der Waals surface area contributed by atoms with Crippen molar-refractivity contribution in [1.29, 1.82) is 0 Å². The zero-order chi connectivity index (χ0) is 23.4. The number of hydrogen-bond acceptors (Lipinski definition) is 3. The number of H-pyrrole nitrogens is 1. The molecule has 5 rings (SSSR count). The van der Waals surface area contributed by atoms with Crippen LogP contribution in [0.5, 0.6) is 0 Å². The molecule has 0 bridgehead atoms. The van der Waals surface area contributed by atoms with E-state index < -0.39 is 7.26 Å². The molecule has 1 heterocycles. The summed E-state index contributed by atoms with van der Waals surface area (Å²) in [5, 5.41) is 8.33. The molecule has 0 amide bonds. The SMILES string of the molecule is Cc1ccc(Nc2[nH]cnc(=S)c2[P+](c2ccccc2)(c2ccccc2)c2ccccc2)cc1. The summed E-state index contributed by atoms with van der Waals surface area (Å²) in [6.45, 7) is 2.09. The predicted molar refractivity (Wildman–Crippen MR) is 149 cm³/mol. The van der Waals surface area contributed by atoms with Crippen LogP contribution < -0.4 is 26.5 Å². The van der Waals surface area contributed by atoms with Crippen molar-refractivity contribution in [3.05, 3.63) is 132 Å². The minimum absolute atomic E-state index is 0.596.